The number of likely N-dealkylation sites (tertiary alicyclic amines) is 1. The summed E-state index contributed by atoms with van der Waals surface area (Å²) in [5.74, 6) is -0.670. The van der Waals surface area contributed by atoms with Crippen molar-refractivity contribution < 1.29 is 14.4 Å². The van der Waals surface area contributed by atoms with Crippen molar-refractivity contribution in [3.63, 3.8) is 0 Å². The third-order valence-corrected chi connectivity index (χ3v) is 4.86. The SMILES string of the molecule is CCCCN1C(=O)c2ccc(C(=O)N3CCCC3CN)cc2C1=O.Cl. The molecular weight excluding hydrogens is 342 g/mol. The van der Waals surface area contributed by atoms with Gasteiger partial charge in [-0.1, -0.05) is 13.3 Å². The van der Waals surface area contributed by atoms with E-state index in [2.05, 4.69) is 0 Å². The van der Waals surface area contributed by atoms with Gasteiger partial charge in [-0.15, -0.1) is 12.4 Å². The molecule has 1 aromatic carbocycles. The highest BCUT2D eigenvalue weighted by atomic mass is 35.5. The summed E-state index contributed by atoms with van der Waals surface area (Å²) in [6.45, 7) is 3.57. The molecule has 3 amide bonds. The molecule has 2 aliphatic rings. The summed E-state index contributed by atoms with van der Waals surface area (Å²) in [6, 6.07) is 4.86. The van der Waals surface area contributed by atoms with Gasteiger partial charge in [-0.3, -0.25) is 19.3 Å². The van der Waals surface area contributed by atoms with Crippen LogP contribution >= 0.6 is 12.4 Å². The summed E-state index contributed by atoms with van der Waals surface area (Å²) in [5.41, 5.74) is 6.92. The van der Waals surface area contributed by atoms with Gasteiger partial charge in [0.15, 0.2) is 0 Å². The van der Waals surface area contributed by atoms with Crippen molar-refractivity contribution >= 4 is 30.1 Å². The Hall–Kier alpha value is -1.92. The molecule has 1 atom stereocenters. The molecule has 1 aromatic rings. The van der Waals surface area contributed by atoms with Gasteiger partial charge in [-0.2, -0.15) is 0 Å². The Morgan fingerprint density at radius 3 is 2.64 bits per heavy atom. The van der Waals surface area contributed by atoms with Crippen molar-refractivity contribution in [3.05, 3.63) is 34.9 Å². The van der Waals surface area contributed by atoms with Gasteiger partial charge < -0.3 is 10.6 Å². The van der Waals surface area contributed by atoms with E-state index in [0.29, 0.717) is 36.3 Å². The van der Waals surface area contributed by atoms with Crippen LogP contribution in [0.3, 0.4) is 0 Å². The number of hydrogen-bond donors (Lipinski definition) is 1. The molecule has 25 heavy (non-hydrogen) atoms. The number of hydrogen-bond acceptors (Lipinski definition) is 4. The molecule has 1 unspecified atom stereocenters. The van der Waals surface area contributed by atoms with E-state index in [0.717, 1.165) is 25.7 Å². The van der Waals surface area contributed by atoms with Crippen molar-refractivity contribution in [2.75, 3.05) is 19.6 Å². The highest BCUT2D eigenvalue weighted by Crippen LogP contribution is 2.26. The van der Waals surface area contributed by atoms with Crippen molar-refractivity contribution in [1.82, 2.24) is 9.80 Å². The highest BCUT2D eigenvalue weighted by Gasteiger charge is 2.36. The average Bonchev–Trinajstić information content (AvgIpc) is 3.16. The lowest BCUT2D eigenvalue weighted by Gasteiger charge is -2.23. The maximum absolute atomic E-state index is 12.7. The zero-order valence-electron chi connectivity index (χ0n) is 14.4. The number of carbonyl (C=O) groups excluding carboxylic acids is 3. The van der Waals surface area contributed by atoms with Crippen LogP contribution in [-0.2, 0) is 0 Å². The standard InChI is InChI=1S/C18H23N3O3.ClH/c1-2-3-8-21-17(23)14-7-6-12(10-15(14)18(21)24)16(22)20-9-4-5-13(20)11-19;/h6-7,10,13H,2-5,8-9,11,19H2,1H3;1H. The number of nitrogens with zero attached hydrogens (tertiary/aromatic N) is 2. The Morgan fingerprint density at radius 1 is 1.24 bits per heavy atom. The van der Waals surface area contributed by atoms with Crippen LogP contribution in [0.2, 0.25) is 0 Å². The molecule has 3 rings (SSSR count). The maximum Gasteiger partial charge on any atom is 0.261 e. The first-order chi connectivity index (χ1) is 11.6. The monoisotopic (exact) mass is 365 g/mol. The van der Waals surface area contributed by atoms with Crippen molar-refractivity contribution in [2.45, 2.75) is 38.6 Å². The largest absolute Gasteiger partial charge is 0.334 e. The number of halogens is 1. The summed E-state index contributed by atoms with van der Waals surface area (Å²) >= 11 is 0. The third-order valence-electron chi connectivity index (χ3n) is 4.86. The Bertz CT molecular complexity index is 692. The predicted molar refractivity (Wildman–Crippen MR) is 97.1 cm³/mol. The normalized spacial score (nSPS) is 19.2. The van der Waals surface area contributed by atoms with E-state index in [4.69, 9.17) is 5.73 Å². The molecule has 0 aromatic heterocycles. The van der Waals surface area contributed by atoms with E-state index in [-0.39, 0.29) is 36.2 Å². The second kappa shape index (κ2) is 7.97. The molecule has 0 bridgehead atoms. The number of nitrogens with two attached hydrogens (primary N) is 1. The van der Waals surface area contributed by atoms with E-state index in [1.54, 1.807) is 23.1 Å². The fraction of sp³-hybridized carbons (Fsp3) is 0.500. The molecule has 2 aliphatic heterocycles. The molecule has 0 radical (unpaired) electrons. The summed E-state index contributed by atoms with van der Waals surface area (Å²) in [7, 11) is 0. The van der Waals surface area contributed by atoms with Gasteiger partial charge in [0.1, 0.15) is 0 Å². The number of unbranched alkanes of at least 4 members (excludes halogenated alkanes) is 1. The first kappa shape index (κ1) is 19.4. The van der Waals surface area contributed by atoms with Gasteiger partial charge in [0.25, 0.3) is 17.7 Å². The number of carbonyl (C=O) groups is 3. The van der Waals surface area contributed by atoms with Gasteiger partial charge in [-0.05, 0) is 37.5 Å². The second-order valence-corrected chi connectivity index (χ2v) is 6.41. The lowest BCUT2D eigenvalue weighted by molar-refractivity contribution is 0.0651. The lowest BCUT2D eigenvalue weighted by atomic mass is 10.0. The number of benzene rings is 1. The van der Waals surface area contributed by atoms with Crippen LogP contribution in [0.25, 0.3) is 0 Å². The van der Waals surface area contributed by atoms with Gasteiger partial charge in [0.05, 0.1) is 11.1 Å². The molecule has 0 aliphatic carbocycles. The van der Waals surface area contributed by atoms with Crippen LogP contribution in [0, 0.1) is 0 Å². The topological polar surface area (TPSA) is 83.7 Å². The maximum atomic E-state index is 12.7. The van der Waals surface area contributed by atoms with Crippen molar-refractivity contribution in [1.29, 1.82) is 0 Å². The average molecular weight is 366 g/mol. The molecule has 0 saturated carbocycles. The zero-order chi connectivity index (χ0) is 17.3. The van der Waals surface area contributed by atoms with Crippen LogP contribution in [-0.4, -0.2) is 53.2 Å². The fourth-order valence-electron chi connectivity index (χ4n) is 3.46. The van der Waals surface area contributed by atoms with Gasteiger partial charge >= 0.3 is 0 Å². The number of fused-ring (bicyclic) bond motifs is 1. The van der Waals surface area contributed by atoms with Crippen LogP contribution in [0.1, 0.15) is 63.7 Å². The minimum atomic E-state index is -0.296. The predicted octanol–water partition coefficient (Wildman–Crippen LogP) is 2.07. The van der Waals surface area contributed by atoms with Gasteiger partial charge in [0.2, 0.25) is 0 Å². The highest BCUT2D eigenvalue weighted by molar-refractivity contribution is 6.22. The molecule has 2 N–H and O–H groups in total. The molecule has 1 saturated heterocycles. The fourth-order valence-corrected chi connectivity index (χ4v) is 3.46. The zero-order valence-corrected chi connectivity index (χ0v) is 15.2. The summed E-state index contributed by atoms with van der Waals surface area (Å²) in [4.78, 5) is 40.6. The quantitative estimate of drug-likeness (QED) is 0.809. The first-order valence-electron chi connectivity index (χ1n) is 8.59. The smallest absolute Gasteiger partial charge is 0.261 e. The van der Waals surface area contributed by atoms with E-state index < -0.39 is 0 Å². The molecule has 0 spiro atoms. The van der Waals surface area contributed by atoms with Crippen molar-refractivity contribution in [2.24, 2.45) is 5.73 Å². The third kappa shape index (κ3) is 3.41. The Labute approximate surface area is 153 Å². The van der Waals surface area contributed by atoms with Crippen LogP contribution in [0.4, 0.5) is 0 Å². The summed E-state index contributed by atoms with van der Waals surface area (Å²) in [5, 5.41) is 0. The number of imide groups is 1. The van der Waals surface area contributed by atoms with E-state index in [1.165, 1.54) is 4.90 Å². The summed E-state index contributed by atoms with van der Waals surface area (Å²) in [6.07, 6.45) is 3.55. The number of amides is 3. The van der Waals surface area contributed by atoms with Crippen LogP contribution in [0.5, 0.6) is 0 Å². The molecule has 7 heteroatoms. The molecule has 2 heterocycles. The summed E-state index contributed by atoms with van der Waals surface area (Å²) < 4.78 is 0. The molecular formula is C18H24ClN3O3. The minimum Gasteiger partial charge on any atom is -0.334 e. The van der Waals surface area contributed by atoms with E-state index in [9.17, 15) is 14.4 Å². The van der Waals surface area contributed by atoms with E-state index >= 15 is 0 Å². The van der Waals surface area contributed by atoms with E-state index in [1.807, 2.05) is 6.92 Å². The first-order valence-corrected chi connectivity index (χ1v) is 8.59. The second-order valence-electron chi connectivity index (χ2n) is 6.41. The lowest BCUT2D eigenvalue weighted by Crippen LogP contribution is -2.39. The Balaban J connectivity index is 0.00000225. The number of rotatable bonds is 5. The molecule has 6 nitrogen and oxygen atoms in total. The minimum absolute atomic E-state index is 0. The van der Waals surface area contributed by atoms with Crippen LogP contribution < -0.4 is 5.73 Å². The molecule has 1 fully saturated rings. The van der Waals surface area contributed by atoms with Gasteiger partial charge in [0, 0.05) is 31.2 Å². The van der Waals surface area contributed by atoms with Crippen LogP contribution in [0.15, 0.2) is 18.2 Å². The Kier molecular flexibility index (Phi) is 6.19. The van der Waals surface area contributed by atoms with Gasteiger partial charge in [-0.25, -0.2) is 0 Å². The van der Waals surface area contributed by atoms with Crippen molar-refractivity contribution in [3.8, 4) is 0 Å². The Morgan fingerprint density at radius 2 is 1.96 bits per heavy atom. The molecule has 136 valence electrons.